The molecule has 1 aromatic heterocycles. The summed E-state index contributed by atoms with van der Waals surface area (Å²) in [5.74, 6) is -2.82. The van der Waals surface area contributed by atoms with Crippen LogP contribution in [-0.2, 0) is 0 Å². The Kier molecular flexibility index (Phi) is 2.88. The van der Waals surface area contributed by atoms with Crippen LogP contribution in [0.3, 0.4) is 0 Å². The highest BCUT2D eigenvalue weighted by atomic mass is 16.4. The number of aromatic carboxylic acids is 1. The monoisotopic (exact) mass is 263 g/mol. The number of rotatable bonds is 2. The van der Waals surface area contributed by atoms with Gasteiger partial charge < -0.3 is 25.0 Å². The second kappa shape index (κ2) is 4.37. The quantitative estimate of drug-likeness (QED) is 0.590. The van der Waals surface area contributed by atoms with Crippen LogP contribution in [0.25, 0.3) is 5.69 Å². The van der Waals surface area contributed by atoms with Crippen molar-refractivity contribution in [2.24, 2.45) is 0 Å². The van der Waals surface area contributed by atoms with Crippen LogP contribution >= 0.6 is 0 Å². The number of benzene rings is 1. The molecular formula is C12H9NO6. The number of hydrogen-bond acceptors (Lipinski definition) is 5. The van der Waals surface area contributed by atoms with Gasteiger partial charge in [-0.25, -0.2) is 4.79 Å². The molecule has 0 aliphatic heterocycles. The number of phenols is 2. The summed E-state index contributed by atoms with van der Waals surface area (Å²) >= 11 is 0. The fourth-order valence-electron chi connectivity index (χ4n) is 1.56. The van der Waals surface area contributed by atoms with Crippen molar-refractivity contribution < 1.29 is 25.2 Å². The lowest BCUT2D eigenvalue weighted by atomic mass is 10.2. The molecule has 0 radical (unpaired) electrons. The van der Waals surface area contributed by atoms with E-state index < -0.39 is 22.9 Å². The highest BCUT2D eigenvalue weighted by Gasteiger charge is 2.14. The second-order valence-electron chi connectivity index (χ2n) is 3.76. The van der Waals surface area contributed by atoms with Gasteiger partial charge in [-0.1, -0.05) is 0 Å². The molecule has 2 rings (SSSR count). The number of nitrogens with zero attached hydrogens (tertiary/aromatic N) is 1. The molecule has 0 spiro atoms. The normalized spacial score (nSPS) is 10.3. The van der Waals surface area contributed by atoms with Gasteiger partial charge in [0.1, 0.15) is 5.69 Å². The number of hydrogen-bond donors (Lipinski definition) is 4. The van der Waals surface area contributed by atoms with Gasteiger partial charge in [-0.3, -0.25) is 4.79 Å². The second-order valence-corrected chi connectivity index (χ2v) is 3.76. The highest BCUT2D eigenvalue weighted by Crippen LogP contribution is 2.27. The smallest absolute Gasteiger partial charge is 0.353 e. The fourth-order valence-corrected chi connectivity index (χ4v) is 1.56. The summed E-state index contributed by atoms with van der Waals surface area (Å²) in [7, 11) is 0. The largest absolute Gasteiger partial charge is 0.504 e. The van der Waals surface area contributed by atoms with E-state index in [9.17, 15) is 24.9 Å². The van der Waals surface area contributed by atoms with Crippen molar-refractivity contribution in [3.63, 3.8) is 0 Å². The maximum absolute atomic E-state index is 11.2. The average molecular weight is 263 g/mol. The Morgan fingerprint density at radius 3 is 2.26 bits per heavy atom. The van der Waals surface area contributed by atoms with Gasteiger partial charge in [0.05, 0.1) is 6.20 Å². The summed E-state index contributed by atoms with van der Waals surface area (Å²) in [4.78, 5) is 22.3. The first kappa shape index (κ1) is 12.5. The molecule has 2 aromatic rings. The van der Waals surface area contributed by atoms with Crippen molar-refractivity contribution in [3.05, 3.63) is 46.4 Å². The predicted molar refractivity (Wildman–Crippen MR) is 64.0 cm³/mol. The first-order valence-corrected chi connectivity index (χ1v) is 5.11. The van der Waals surface area contributed by atoms with Crippen LogP contribution < -0.4 is 5.43 Å². The molecule has 0 unspecified atom stereocenters. The molecule has 0 aliphatic carbocycles. The van der Waals surface area contributed by atoms with E-state index in [1.807, 2.05) is 0 Å². The molecule has 0 bridgehead atoms. The van der Waals surface area contributed by atoms with Gasteiger partial charge in [0.15, 0.2) is 17.2 Å². The molecule has 0 saturated heterocycles. The van der Waals surface area contributed by atoms with Crippen LogP contribution in [0.15, 0.2) is 35.3 Å². The van der Waals surface area contributed by atoms with Crippen molar-refractivity contribution >= 4 is 5.97 Å². The van der Waals surface area contributed by atoms with E-state index in [0.29, 0.717) is 0 Å². The Balaban J connectivity index is 2.73. The molecule has 0 aliphatic rings. The average Bonchev–Trinajstić information content (AvgIpc) is 2.35. The number of aromatic nitrogens is 1. The van der Waals surface area contributed by atoms with E-state index in [4.69, 9.17) is 5.11 Å². The van der Waals surface area contributed by atoms with Crippen LogP contribution in [-0.4, -0.2) is 31.0 Å². The fraction of sp³-hybridized carbons (Fsp3) is 0. The summed E-state index contributed by atoms with van der Waals surface area (Å²) in [6.45, 7) is 0. The lowest BCUT2D eigenvalue weighted by Crippen LogP contribution is -2.15. The molecule has 1 heterocycles. The lowest BCUT2D eigenvalue weighted by Gasteiger charge is -2.11. The topological polar surface area (TPSA) is 120 Å². The third kappa shape index (κ3) is 2.21. The van der Waals surface area contributed by atoms with Crippen molar-refractivity contribution in [1.82, 2.24) is 4.57 Å². The van der Waals surface area contributed by atoms with Gasteiger partial charge in [0, 0.05) is 17.8 Å². The molecular weight excluding hydrogens is 254 g/mol. The number of aromatic hydroxyl groups is 3. The first-order valence-electron chi connectivity index (χ1n) is 5.11. The Hall–Kier alpha value is -2.96. The Morgan fingerprint density at radius 2 is 1.68 bits per heavy atom. The zero-order chi connectivity index (χ0) is 14.2. The summed E-state index contributed by atoms with van der Waals surface area (Å²) in [5.41, 5.74) is -1.03. The minimum absolute atomic E-state index is 0.169. The third-order valence-corrected chi connectivity index (χ3v) is 2.49. The number of carboxylic acid groups (broad SMARTS) is 1. The molecule has 0 saturated carbocycles. The van der Waals surface area contributed by atoms with E-state index in [1.165, 1.54) is 6.07 Å². The summed E-state index contributed by atoms with van der Waals surface area (Å²) in [6.07, 6.45) is 0.928. The third-order valence-electron chi connectivity index (χ3n) is 2.49. The van der Waals surface area contributed by atoms with Crippen LogP contribution in [0.2, 0.25) is 0 Å². The molecule has 1 aromatic carbocycles. The zero-order valence-corrected chi connectivity index (χ0v) is 9.44. The summed E-state index contributed by atoms with van der Waals surface area (Å²) in [5, 5.41) is 36.9. The molecule has 4 N–H and O–H groups in total. The maximum atomic E-state index is 11.2. The minimum atomic E-state index is -1.37. The van der Waals surface area contributed by atoms with Gasteiger partial charge in [0.2, 0.25) is 5.43 Å². The van der Waals surface area contributed by atoms with Gasteiger partial charge in [-0.2, -0.15) is 0 Å². The summed E-state index contributed by atoms with van der Waals surface area (Å²) in [6, 6.07) is 4.35. The SMILES string of the molecule is O=C(O)c1cc(=O)c(O)cn1-c1ccc(O)c(O)c1. The van der Waals surface area contributed by atoms with E-state index in [2.05, 4.69) is 0 Å². The van der Waals surface area contributed by atoms with Crippen LogP contribution in [0.5, 0.6) is 17.2 Å². The van der Waals surface area contributed by atoms with E-state index in [0.717, 1.165) is 29.0 Å². The van der Waals surface area contributed by atoms with Crippen LogP contribution in [0, 0.1) is 0 Å². The molecule has 0 atom stereocenters. The predicted octanol–water partition coefficient (Wildman–Crippen LogP) is 0.652. The Bertz CT molecular complexity index is 719. The van der Waals surface area contributed by atoms with Crippen LogP contribution in [0.1, 0.15) is 10.5 Å². The highest BCUT2D eigenvalue weighted by molar-refractivity contribution is 5.86. The number of carboxylic acids is 1. The lowest BCUT2D eigenvalue weighted by molar-refractivity contribution is 0.0687. The van der Waals surface area contributed by atoms with E-state index in [-0.39, 0.29) is 17.1 Å². The van der Waals surface area contributed by atoms with E-state index >= 15 is 0 Å². The Labute approximate surface area is 106 Å². The van der Waals surface area contributed by atoms with Gasteiger partial charge in [-0.15, -0.1) is 0 Å². The van der Waals surface area contributed by atoms with Gasteiger partial charge >= 0.3 is 5.97 Å². The molecule has 19 heavy (non-hydrogen) atoms. The van der Waals surface area contributed by atoms with Crippen molar-refractivity contribution in [3.8, 4) is 22.9 Å². The van der Waals surface area contributed by atoms with Crippen molar-refractivity contribution in [2.75, 3.05) is 0 Å². The minimum Gasteiger partial charge on any atom is -0.504 e. The van der Waals surface area contributed by atoms with Crippen molar-refractivity contribution in [1.29, 1.82) is 0 Å². The standard InChI is InChI=1S/C12H9NO6/c14-8-2-1-6(3-9(8)15)13-5-11(17)10(16)4-7(13)12(18)19/h1-5,14-15,17H,(H,18,19). The Morgan fingerprint density at radius 1 is 1.00 bits per heavy atom. The number of phenolic OH excluding ortho intramolecular Hbond substituents is 2. The molecule has 7 heteroatoms. The molecule has 98 valence electrons. The molecule has 0 fully saturated rings. The van der Waals surface area contributed by atoms with Crippen molar-refractivity contribution in [2.45, 2.75) is 0 Å². The van der Waals surface area contributed by atoms with Crippen LogP contribution in [0.4, 0.5) is 0 Å². The molecule has 0 amide bonds. The zero-order valence-electron chi connectivity index (χ0n) is 9.44. The van der Waals surface area contributed by atoms with Gasteiger partial charge in [0.25, 0.3) is 0 Å². The first-order chi connectivity index (χ1) is 8.90. The number of pyridine rings is 1. The van der Waals surface area contributed by atoms with Gasteiger partial charge in [-0.05, 0) is 12.1 Å². The van der Waals surface area contributed by atoms with E-state index in [1.54, 1.807) is 0 Å². The number of carbonyl (C=O) groups is 1. The summed E-state index contributed by atoms with van der Waals surface area (Å²) < 4.78 is 1.01. The molecule has 7 nitrogen and oxygen atoms in total. The maximum Gasteiger partial charge on any atom is 0.353 e.